The standard InChI is InChI=1S/2C16H35O4P.Sn/c2*1-3-5-7-9-11-13-15-19-21(17,18)20-16-14-12-10-8-6-4-2;/h2*3-16H2,1-2H3,(H,17,18);/q;;+2/p-2. The van der Waals surface area contributed by atoms with Gasteiger partial charge in [0.2, 0.25) is 0 Å². The molecule has 0 aromatic heterocycles. The quantitative estimate of drug-likeness (QED) is 0.0378. The molecule has 0 aromatic carbocycles. The van der Waals surface area contributed by atoms with Gasteiger partial charge in [-0.05, 0) is 25.7 Å². The summed E-state index contributed by atoms with van der Waals surface area (Å²) in [5.41, 5.74) is 0. The Labute approximate surface area is 283 Å². The van der Waals surface area contributed by atoms with Crippen LogP contribution in [0.1, 0.15) is 182 Å². The van der Waals surface area contributed by atoms with Gasteiger partial charge in [0.1, 0.15) is 0 Å². The number of rotatable bonds is 32. The second kappa shape index (κ2) is 37.5. The molecule has 0 aliphatic rings. The Balaban J connectivity index is -0.000000727. The van der Waals surface area contributed by atoms with Crippen molar-refractivity contribution in [2.75, 3.05) is 26.4 Å². The van der Waals surface area contributed by atoms with Crippen molar-refractivity contribution in [3.63, 3.8) is 0 Å². The van der Waals surface area contributed by atoms with Crippen LogP contribution < -0.4 is 9.79 Å². The third-order valence-electron chi connectivity index (χ3n) is 6.99. The Hall–Kier alpha value is 1.02. The molecule has 0 rings (SSSR count). The maximum atomic E-state index is 11.5. The summed E-state index contributed by atoms with van der Waals surface area (Å²) < 4.78 is 42.4. The van der Waals surface area contributed by atoms with E-state index >= 15 is 0 Å². The predicted molar refractivity (Wildman–Crippen MR) is 178 cm³/mol. The van der Waals surface area contributed by atoms with Crippen LogP contribution in [0.4, 0.5) is 0 Å². The topological polar surface area (TPSA) is 117 Å². The Kier molecular flexibility index (Phi) is 42.2. The largest absolute Gasteiger partial charge is 2.00 e. The van der Waals surface area contributed by atoms with Crippen LogP contribution in [-0.4, -0.2) is 50.3 Å². The fourth-order valence-corrected chi connectivity index (χ4v) is 5.87. The summed E-state index contributed by atoms with van der Waals surface area (Å²) in [6.07, 6.45) is 26.6. The van der Waals surface area contributed by atoms with E-state index in [-0.39, 0.29) is 50.3 Å². The third-order valence-corrected chi connectivity index (χ3v) is 8.98. The van der Waals surface area contributed by atoms with Crippen LogP contribution in [-0.2, 0) is 27.2 Å². The van der Waals surface area contributed by atoms with Crippen LogP contribution >= 0.6 is 15.6 Å². The van der Waals surface area contributed by atoms with Crippen LogP contribution in [0.5, 0.6) is 0 Å². The van der Waals surface area contributed by atoms with Gasteiger partial charge in [-0.1, -0.05) is 156 Å². The summed E-state index contributed by atoms with van der Waals surface area (Å²) in [7, 11) is -8.13. The zero-order chi connectivity index (χ0) is 31.6. The van der Waals surface area contributed by atoms with Gasteiger partial charge < -0.3 is 27.9 Å². The fraction of sp³-hybridized carbons (Fsp3) is 1.00. The molecule has 0 unspecified atom stereocenters. The van der Waals surface area contributed by atoms with E-state index in [9.17, 15) is 18.9 Å². The first-order valence-electron chi connectivity index (χ1n) is 17.4. The molecule has 0 atom stereocenters. The molecular formula is C32H68O8P2Sn. The van der Waals surface area contributed by atoms with Gasteiger partial charge in [-0.3, -0.25) is 9.13 Å². The van der Waals surface area contributed by atoms with Crippen molar-refractivity contribution in [3.8, 4) is 0 Å². The first-order valence-corrected chi connectivity index (χ1v) is 20.4. The Morgan fingerprint density at radius 2 is 0.512 bits per heavy atom. The van der Waals surface area contributed by atoms with Crippen LogP contribution in [0.25, 0.3) is 0 Å². The molecule has 43 heavy (non-hydrogen) atoms. The molecule has 0 bridgehead atoms. The average molecular weight is 762 g/mol. The van der Waals surface area contributed by atoms with Gasteiger partial charge in [-0.15, -0.1) is 0 Å². The first-order chi connectivity index (χ1) is 20.2. The molecule has 0 saturated heterocycles. The maximum absolute atomic E-state index is 11.5. The summed E-state index contributed by atoms with van der Waals surface area (Å²) >= 11 is 0. The van der Waals surface area contributed by atoms with Crippen LogP contribution in [0.3, 0.4) is 0 Å². The Morgan fingerprint density at radius 1 is 0.349 bits per heavy atom. The summed E-state index contributed by atoms with van der Waals surface area (Å²) in [4.78, 5) is 23.0. The second-order valence-corrected chi connectivity index (χ2v) is 14.1. The minimum Gasteiger partial charge on any atom is -0.756 e. The molecule has 0 N–H and O–H groups in total. The fourth-order valence-electron chi connectivity index (χ4n) is 4.31. The first kappa shape index (κ1) is 48.4. The van der Waals surface area contributed by atoms with Crippen molar-refractivity contribution < 1.29 is 37.0 Å². The van der Waals surface area contributed by atoms with Gasteiger partial charge in [-0.2, -0.15) is 0 Å². The van der Waals surface area contributed by atoms with E-state index in [2.05, 4.69) is 27.7 Å². The van der Waals surface area contributed by atoms with E-state index < -0.39 is 15.6 Å². The van der Waals surface area contributed by atoms with Gasteiger partial charge >= 0.3 is 23.9 Å². The van der Waals surface area contributed by atoms with E-state index in [0.717, 1.165) is 77.0 Å². The van der Waals surface area contributed by atoms with Crippen LogP contribution in [0.2, 0.25) is 0 Å². The smallest absolute Gasteiger partial charge is 0.756 e. The molecule has 0 spiro atoms. The molecule has 8 nitrogen and oxygen atoms in total. The van der Waals surface area contributed by atoms with Crippen molar-refractivity contribution in [3.05, 3.63) is 0 Å². The Bertz CT molecular complexity index is 532. The van der Waals surface area contributed by atoms with Gasteiger partial charge in [0.05, 0.1) is 26.4 Å². The molecule has 0 aromatic rings. The molecule has 0 aliphatic carbocycles. The van der Waals surface area contributed by atoms with Crippen LogP contribution in [0, 0.1) is 0 Å². The van der Waals surface area contributed by atoms with Gasteiger partial charge in [0.15, 0.2) is 0 Å². The SMILES string of the molecule is CCCCCCCCOP(=O)([O-])OCCCCCCCC.CCCCCCCCOP(=O)([O-])OCCCCCCCC.[Sn+2]. The maximum Gasteiger partial charge on any atom is 2.00 e. The molecule has 0 saturated carbocycles. The van der Waals surface area contributed by atoms with Crippen molar-refractivity contribution in [2.45, 2.75) is 182 Å². The molecule has 0 aliphatic heterocycles. The minimum absolute atomic E-state index is 0. The van der Waals surface area contributed by atoms with Crippen molar-refractivity contribution in [1.82, 2.24) is 0 Å². The van der Waals surface area contributed by atoms with E-state index in [0.29, 0.717) is 0 Å². The molecular weight excluding hydrogens is 693 g/mol. The van der Waals surface area contributed by atoms with E-state index in [1.807, 2.05) is 0 Å². The number of unbranched alkanes of at least 4 members (excludes halogenated alkanes) is 20. The Morgan fingerprint density at radius 3 is 0.698 bits per heavy atom. The zero-order valence-electron chi connectivity index (χ0n) is 28.5. The molecule has 258 valence electrons. The van der Waals surface area contributed by atoms with Crippen LogP contribution in [0.15, 0.2) is 0 Å². The average Bonchev–Trinajstić information content (AvgIpc) is 2.95. The molecule has 11 heteroatoms. The second-order valence-electron chi connectivity index (χ2n) is 11.3. The molecule has 2 radical (unpaired) electrons. The molecule has 0 amide bonds. The number of hydrogen-bond donors (Lipinski definition) is 0. The molecule has 0 fully saturated rings. The van der Waals surface area contributed by atoms with Crippen molar-refractivity contribution in [2.24, 2.45) is 0 Å². The third kappa shape index (κ3) is 43.0. The van der Waals surface area contributed by atoms with Gasteiger partial charge in [-0.25, -0.2) is 0 Å². The van der Waals surface area contributed by atoms with Crippen molar-refractivity contribution in [1.29, 1.82) is 0 Å². The van der Waals surface area contributed by atoms with E-state index in [4.69, 9.17) is 18.1 Å². The normalized spacial score (nSPS) is 11.7. The monoisotopic (exact) mass is 762 g/mol. The predicted octanol–water partition coefficient (Wildman–Crippen LogP) is 10.0. The van der Waals surface area contributed by atoms with Gasteiger partial charge in [0.25, 0.3) is 15.6 Å². The zero-order valence-corrected chi connectivity index (χ0v) is 33.1. The van der Waals surface area contributed by atoms with E-state index in [1.165, 1.54) is 77.0 Å². The summed E-state index contributed by atoms with van der Waals surface area (Å²) in [6.45, 7) is 9.73. The summed E-state index contributed by atoms with van der Waals surface area (Å²) in [6, 6.07) is 0. The number of phosphoric ester groups is 2. The number of phosphoric acid groups is 2. The van der Waals surface area contributed by atoms with Gasteiger partial charge in [0, 0.05) is 0 Å². The molecule has 0 heterocycles. The summed E-state index contributed by atoms with van der Waals surface area (Å²) in [5, 5.41) is 0. The van der Waals surface area contributed by atoms with E-state index in [1.54, 1.807) is 0 Å². The minimum atomic E-state index is -4.07. The number of hydrogen-bond acceptors (Lipinski definition) is 8. The van der Waals surface area contributed by atoms with Crippen molar-refractivity contribution >= 4 is 39.6 Å². The summed E-state index contributed by atoms with van der Waals surface area (Å²) in [5.74, 6) is 0.